The molecular formula is C55H69N9O9. The van der Waals surface area contributed by atoms with E-state index in [1.54, 1.807) is 0 Å². The molecule has 0 spiro atoms. The van der Waals surface area contributed by atoms with Crippen LogP contribution in [0.1, 0.15) is 101 Å². The second-order valence-electron chi connectivity index (χ2n) is 20.2. The molecule has 18 heteroatoms. The molecule has 4 fully saturated rings. The van der Waals surface area contributed by atoms with Gasteiger partial charge in [0, 0.05) is 43.6 Å². The number of carbonyl (C=O) groups excluding carboxylic acids is 6. The Morgan fingerprint density at radius 3 is 1.44 bits per heavy atom. The maximum atomic E-state index is 14.2. The zero-order valence-electron chi connectivity index (χ0n) is 42.7. The van der Waals surface area contributed by atoms with Gasteiger partial charge in [0.15, 0.2) is 0 Å². The molecule has 6 N–H and O–H groups in total. The van der Waals surface area contributed by atoms with Crippen LogP contribution in [0.15, 0.2) is 91.1 Å². The third kappa shape index (κ3) is 10.0. The van der Waals surface area contributed by atoms with Gasteiger partial charge in [-0.25, -0.2) is 14.6 Å². The highest BCUT2D eigenvalue weighted by molar-refractivity contribution is 5.96. The Hall–Kier alpha value is -7.21. The van der Waals surface area contributed by atoms with Gasteiger partial charge >= 0.3 is 12.2 Å². The van der Waals surface area contributed by atoms with E-state index in [0.29, 0.717) is 50.0 Å². The summed E-state index contributed by atoms with van der Waals surface area (Å²) in [6, 6.07) is 26.0. The maximum Gasteiger partial charge on any atom is 0.407 e. The van der Waals surface area contributed by atoms with Crippen molar-refractivity contribution in [2.75, 3.05) is 63.4 Å². The van der Waals surface area contributed by atoms with E-state index in [-0.39, 0.29) is 37.0 Å². The highest BCUT2D eigenvalue weighted by atomic mass is 16.5. The van der Waals surface area contributed by atoms with Crippen molar-refractivity contribution in [1.29, 1.82) is 0 Å². The molecule has 3 aromatic carbocycles. The maximum absolute atomic E-state index is 14.2. The van der Waals surface area contributed by atoms with Crippen LogP contribution in [0.25, 0.3) is 11.1 Å². The van der Waals surface area contributed by atoms with Crippen LogP contribution in [-0.4, -0.2) is 116 Å². The number of carbonyl (C=O) groups is 6. The van der Waals surface area contributed by atoms with Crippen molar-refractivity contribution in [3.05, 3.63) is 113 Å². The highest BCUT2D eigenvalue weighted by Gasteiger charge is 2.53. The van der Waals surface area contributed by atoms with E-state index in [1.165, 1.54) is 24.0 Å². The first-order chi connectivity index (χ1) is 35.0. The van der Waals surface area contributed by atoms with Gasteiger partial charge in [-0.2, -0.15) is 0 Å². The monoisotopic (exact) mass is 1000 g/mol. The number of nitrogens with one attached hydrogen (secondary N) is 2. The number of alkyl carbamates (subject to hydrolysis) is 2. The summed E-state index contributed by atoms with van der Waals surface area (Å²) in [6.45, 7) is 10.8. The first-order valence-corrected chi connectivity index (χ1v) is 25.4. The lowest BCUT2D eigenvalue weighted by Crippen LogP contribution is -2.59. The number of aromatic nitrogens is 1. The van der Waals surface area contributed by atoms with Gasteiger partial charge in [0.2, 0.25) is 23.6 Å². The predicted octanol–water partition coefficient (Wildman–Crippen LogP) is 6.04. The zero-order chi connectivity index (χ0) is 52.2. The minimum Gasteiger partial charge on any atom is -0.453 e. The average molecular weight is 1000 g/mol. The summed E-state index contributed by atoms with van der Waals surface area (Å²) in [4.78, 5) is 92.9. The number of benzene rings is 3. The molecule has 6 amide bonds. The first kappa shape index (κ1) is 52.1. The van der Waals surface area contributed by atoms with Crippen molar-refractivity contribution >= 4 is 47.3 Å². The van der Waals surface area contributed by atoms with Crippen LogP contribution < -0.4 is 31.9 Å². The number of morpholine rings is 1. The third-order valence-corrected chi connectivity index (χ3v) is 15.4. The number of primary amides is 2. The minimum atomic E-state index is -1.43. The summed E-state index contributed by atoms with van der Waals surface area (Å²) >= 11 is 0. The summed E-state index contributed by atoms with van der Waals surface area (Å²) in [5, 5.41) is 5.31. The van der Waals surface area contributed by atoms with E-state index in [0.717, 1.165) is 59.7 Å². The largest absolute Gasteiger partial charge is 0.453 e. The van der Waals surface area contributed by atoms with Crippen LogP contribution in [0.3, 0.4) is 0 Å². The van der Waals surface area contributed by atoms with E-state index in [4.69, 9.17) is 30.7 Å². The number of hydrogen-bond donors (Lipinski definition) is 4. The molecule has 6 atom stereocenters. The van der Waals surface area contributed by atoms with Crippen molar-refractivity contribution in [1.82, 2.24) is 25.4 Å². The molecule has 4 aliphatic heterocycles. The highest BCUT2D eigenvalue weighted by Crippen LogP contribution is 2.49. The van der Waals surface area contributed by atoms with Crippen molar-refractivity contribution < 1.29 is 43.0 Å². The predicted molar refractivity (Wildman–Crippen MR) is 275 cm³/mol. The molecule has 0 radical (unpaired) electrons. The molecule has 8 rings (SSSR count). The molecule has 0 saturated carbocycles. The second-order valence-corrected chi connectivity index (χ2v) is 20.2. The van der Waals surface area contributed by atoms with Gasteiger partial charge in [0.25, 0.3) is 0 Å². The molecule has 4 aromatic rings. The van der Waals surface area contributed by atoms with E-state index in [9.17, 15) is 28.8 Å². The smallest absolute Gasteiger partial charge is 0.407 e. The van der Waals surface area contributed by atoms with Crippen molar-refractivity contribution in [2.45, 2.75) is 101 Å². The molecule has 388 valence electrons. The lowest BCUT2D eigenvalue weighted by Gasteiger charge is -2.39. The Balaban J connectivity index is 1.13. The second kappa shape index (κ2) is 21.9. The van der Waals surface area contributed by atoms with E-state index in [2.05, 4.69) is 50.8 Å². The number of nitrogens with two attached hydrogens (primary N) is 2. The summed E-state index contributed by atoms with van der Waals surface area (Å²) in [6.07, 6.45) is 3.68. The fourth-order valence-electron chi connectivity index (χ4n) is 11.5. The Morgan fingerprint density at radius 2 is 1.05 bits per heavy atom. The number of rotatable bonds is 15. The van der Waals surface area contributed by atoms with Crippen LogP contribution >= 0.6 is 0 Å². The number of methoxy groups -OCH3 is 2. The number of anilines is 2. The van der Waals surface area contributed by atoms with Gasteiger partial charge < -0.3 is 55.9 Å². The average Bonchev–Trinajstić information content (AvgIpc) is 4.18. The van der Waals surface area contributed by atoms with Gasteiger partial charge in [-0.3, -0.25) is 19.2 Å². The SMILES string of the molecule is COC(=O)N[C@H](C(=O)N1CCC[C@@]1(C(N)=O)c1ccc(C2CC[C@H](c3ccc([C@]4(C(N)=O)CCCN4C(=O)[C@@H](NC(=O)OC)C(C)C)cc3)N2c2ccc(-c3ccc(N4CCOCC4)nc3)cc2)cc1)C(C)C. The van der Waals surface area contributed by atoms with Crippen molar-refractivity contribution in [2.24, 2.45) is 23.3 Å². The lowest BCUT2D eigenvalue weighted by atomic mass is 9.84. The molecule has 18 nitrogen and oxygen atoms in total. The molecule has 73 heavy (non-hydrogen) atoms. The molecule has 1 aromatic heterocycles. The van der Waals surface area contributed by atoms with Crippen LogP contribution in [-0.2, 0) is 44.5 Å². The first-order valence-electron chi connectivity index (χ1n) is 25.4. The number of ether oxygens (including phenoxy) is 3. The fraction of sp³-hybridized carbons (Fsp3) is 0.473. The van der Waals surface area contributed by atoms with Crippen LogP contribution in [0.5, 0.6) is 0 Å². The summed E-state index contributed by atoms with van der Waals surface area (Å²) in [7, 11) is 2.47. The normalized spacial score (nSPS) is 22.8. The molecule has 4 saturated heterocycles. The Labute approximate surface area is 427 Å². The number of hydrogen-bond acceptors (Lipinski definition) is 12. The van der Waals surface area contributed by atoms with E-state index < -0.39 is 59.0 Å². The van der Waals surface area contributed by atoms with E-state index in [1.807, 2.05) is 88.5 Å². The summed E-state index contributed by atoms with van der Waals surface area (Å²) < 4.78 is 15.2. The molecule has 0 aliphatic carbocycles. The Bertz CT molecular complexity index is 2510. The molecule has 4 aliphatic rings. The summed E-state index contributed by atoms with van der Waals surface area (Å²) in [5.41, 5.74) is 15.8. The minimum absolute atomic E-state index is 0.130. The van der Waals surface area contributed by atoms with Gasteiger partial charge in [-0.1, -0.05) is 88.4 Å². The quantitative estimate of drug-likeness (QED) is 0.107. The topological polar surface area (TPSA) is 232 Å². The van der Waals surface area contributed by atoms with Crippen molar-refractivity contribution in [3.63, 3.8) is 0 Å². The Morgan fingerprint density at radius 1 is 0.616 bits per heavy atom. The zero-order valence-corrected chi connectivity index (χ0v) is 42.7. The van der Waals surface area contributed by atoms with Crippen molar-refractivity contribution in [3.8, 4) is 11.1 Å². The number of amides is 6. The van der Waals surface area contributed by atoms with Gasteiger partial charge in [0.1, 0.15) is 29.0 Å². The van der Waals surface area contributed by atoms with Crippen LogP contribution in [0.2, 0.25) is 0 Å². The van der Waals surface area contributed by atoms with Gasteiger partial charge in [-0.15, -0.1) is 0 Å². The molecule has 5 heterocycles. The summed E-state index contributed by atoms with van der Waals surface area (Å²) in [5.74, 6) is -1.79. The molecule has 0 bridgehead atoms. The number of pyridine rings is 1. The van der Waals surface area contributed by atoms with Crippen LogP contribution in [0, 0.1) is 11.8 Å². The standard InChI is InChI=1S/C55H69N9O9/c1-34(2)46(59-52(69)71-5)48(65)62-27-7-25-54(62,50(56)67)40-16-9-37(10-17-40)43-22-23-44(64(43)42-20-13-36(14-21-42)39-15-24-45(58-33-39)61-29-31-73-32-30-61)38-11-18-41(19-12-38)55(51(57)68)26-8-28-63(55)49(66)47(35(3)4)60-53(70)72-6/h9-21,24,33-35,43-44,46-47H,7-8,22-23,25-32H2,1-6H3,(H2,56,67)(H2,57,68)(H,59,69)(H,60,70)/t43-,44?,46+,47+,54+,55+/m1/s1. The number of nitrogens with zero attached hydrogens (tertiary/aromatic N) is 5. The van der Waals surface area contributed by atoms with E-state index >= 15 is 0 Å². The van der Waals surface area contributed by atoms with Gasteiger partial charge in [0.05, 0.1) is 39.5 Å². The fourth-order valence-corrected chi connectivity index (χ4v) is 11.5. The third-order valence-electron chi connectivity index (χ3n) is 15.4. The van der Waals surface area contributed by atoms with Crippen LogP contribution in [0.4, 0.5) is 21.1 Å². The molecule has 1 unspecified atom stereocenters. The number of likely N-dealkylation sites (tertiary alicyclic amines) is 2. The lowest BCUT2D eigenvalue weighted by molar-refractivity contribution is -0.146. The Kier molecular flexibility index (Phi) is 15.6. The molecular weight excluding hydrogens is 931 g/mol. The van der Waals surface area contributed by atoms with Gasteiger partial charge in [-0.05, 0) is 102 Å².